The lowest BCUT2D eigenvalue weighted by atomic mass is 10.1. The topological polar surface area (TPSA) is 46.6 Å². The minimum absolute atomic E-state index is 0.304. The number of hydrogen-bond acceptors (Lipinski definition) is 3. The van der Waals surface area contributed by atoms with Gasteiger partial charge >= 0.3 is 0 Å². The van der Waals surface area contributed by atoms with Gasteiger partial charge < -0.3 is 4.74 Å². The van der Waals surface area contributed by atoms with Gasteiger partial charge in [0.15, 0.2) is 0 Å². The summed E-state index contributed by atoms with van der Waals surface area (Å²) in [6.07, 6.45) is 0. The Morgan fingerprint density at radius 2 is 1.45 bits per heavy atom. The molecule has 0 saturated carbocycles. The summed E-state index contributed by atoms with van der Waals surface area (Å²) in [7, 11) is 0. The second-order valence-corrected chi connectivity index (χ2v) is 5.66. The molecule has 4 nitrogen and oxygen atoms in total. The van der Waals surface area contributed by atoms with Crippen molar-refractivity contribution in [3.63, 3.8) is 0 Å². The minimum atomic E-state index is -0.304. The Kier molecular flexibility index (Phi) is 3.67. The molecule has 2 aromatic rings. The number of ether oxygens (including phenoxy) is 1. The Morgan fingerprint density at radius 1 is 0.909 bits per heavy atom. The molecule has 22 heavy (non-hydrogen) atoms. The average Bonchev–Trinajstić information content (AvgIpc) is 2.78. The van der Waals surface area contributed by atoms with Crippen LogP contribution in [-0.4, -0.2) is 18.4 Å². The highest BCUT2D eigenvalue weighted by atomic mass is 16.5. The summed E-state index contributed by atoms with van der Waals surface area (Å²) in [6.45, 7) is 4.62. The number of anilines is 1. The lowest BCUT2D eigenvalue weighted by Crippen LogP contribution is -2.30. The Balaban J connectivity index is 1.99. The summed E-state index contributed by atoms with van der Waals surface area (Å²) < 4.78 is 5.76. The molecule has 4 heteroatoms. The van der Waals surface area contributed by atoms with Crippen LogP contribution < -0.4 is 9.64 Å². The highest BCUT2D eigenvalue weighted by Crippen LogP contribution is 2.34. The first kappa shape index (κ1) is 14.3. The van der Waals surface area contributed by atoms with Crippen LogP contribution in [0.5, 0.6) is 5.75 Å². The van der Waals surface area contributed by atoms with Crippen LogP contribution in [0.1, 0.15) is 34.6 Å². The van der Waals surface area contributed by atoms with E-state index in [2.05, 4.69) is 0 Å². The lowest BCUT2D eigenvalue weighted by Gasteiger charge is -2.19. The second kappa shape index (κ2) is 5.64. The van der Waals surface area contributed by atoms with Gasteiger partial charge in [0.1, 0.15) is 5.75 Å². The third-order valence-corrected chi connectivity index (χ3v) is 3.47. The van der Waals surface area contributed by atoms with Gasteiger partial charge in [0, 0.05) is 0 Å². The first-order valence-electron chi connectivity index (χ1n) is 7.29. The van der Waals surface area contributed by atoms with Gasteiger partial charge in [-0.15, -0.1) is 0 Å². The number of nitrogens with zero attached hydrogens (tertiary/aromatic N) is 1. The molecule has 0 saturated heterocycles. The Morgan fingerprint density at radius 3 is 2.05 bits per heavy atom. The zero-order valence-corrected chi connectivity index (χ0v) is 12.6. The standard InChI is InChI=1S/C18H17NO3/c1-12(2)11-22-16-10-6-5-9-15(16)19-17(20)13-7-3-4-8-14(13)18(19)21/h3-10,12H,11H2,1-2H3. The highest BCUT2D eigenvalue weighted by molar-refractivity contribution is 6.34. The van der Waals surface area contributed by atoms with E-state index in [1.165, 1.54) is 4.90 Å². The van der Waals surface area contributed by atoms with E-state index in [1.54, 1.807) is 42.5 Å². The molecule has 0 aliphatic carbocycles. The van der Waals surface area contributed by atoms with Crippen molar-refractivity contribution in [2.75, 3.05) is 11.5 Å². The Hall–Kier alpha value is -2.62. The molecule has 0 bridgehead atoms. The fourth-order valence-corrected chi connectivity index (χ4v) is 2.43. The van der Waals surface area contributed by atoms with E-state index in [0.29, 0.717) is 35.1 Å². The monoisotopic (exact) mass is 295 g/mol. The van der Waals surface area contributed by atoms with E-state index < -0.39 is 0 Å². The summed E-state index contributed by atoms with van der Waals surface area (Å²) in [5.41, 5.74) is 1.37. The fourth-order valence-electron chi connectivity index (χ4n) is 2.43. The Labute approximate surface area is 129 Å². The molecule has 0 atom stereocenters. The normalized spacial score (nSPS) is 13.7. The first-order chi connectivity index (χ1) is 10.6. The number of carbonyl (C=O) groups is 2. The predicted molar refractivity (Wildman–Crippen MR) is 84.4 cm³/mol. The summed E-state index contributed by atoms with van der Waals surface area (Å²) in [6, 6.07) is 14.0. The maximum Gasteiger partial charge on any atom is 0.266 e. The summed E-state index contributed by atoms with van der Waals surface area (Å²) in [5.74, 6) is 0.295. The number of amides is 2. The van der Waals surface area contributed by atoms with Gasteiger partial charge in [-0.3, -0.25) is 9.59 Å². The number of para-hydroxylation sites is 2. The third kappa shape index (κ3) is 2.37. The number of imide groups is 1. The smallest absolute Gasteiger partial charge is 0.266 e. The maximum absolute atomic E-state index is 12.5. The molecule has 2 aromatic carbocycles. The average molecular weight is 295 g/mol. The van der Waals surface area contributed by atoms with Crippen LogP contribution in [0.4, 0.5) is 5.69 Å². The first-order valence-corrected chi connectivity index (χ1v) is 7.29. The zero-order chi connectivity index (χ0) is 15.7. The number of carbonyl (C=O) groups excluding carboxylic acids is 2. The van der Waals surface area contributed by atoms with Crippen LogP contribution in [0.2, 0.25) is 0 Å². The van der Waals surface area contributed by atoms with Crippen LogP contribution in [0, 0.1) is 5.92 Å². The molecule has 0 radical (unpaired) electrons. The number of fused-ring (bicyclic) bond motifs is 1. The molecule has 1 heterocycles. The lowest BCUT2D eigenvalue weighted by molar-refractivity contribution is 0.0924. The van der Waals surface area contributed by atoms with Gasteiger partial charge in [-0.25, -0.2) is 4.90 Å². The van der Waals surface area contributed by atoms with Crippen LogP contribution >= 0.6 is 0 Å². The van der Waals surface area contributed by atoms with Crippen molar-refractivity contribution in [2.45, 2.75) is 13.8 Å². The predicted octanol–water partition coefficient (Wildman–Crippen LogP) is 3.52. The number of rotatable bonds is 4. The molecule has 0 unspecified atom stereocenters. The zero-order valence-electron chi connectivity index (χ0n) is 12.6. The van der Waals surface area contributed by atoms with Gasteiger partial charge in [-0.2, -0.15) is 0 Å². The van der Waals surface area contributed by atoms with Crippen molar-refractivity contribution >= 4 is 17.5 Å². The van der Waals surface area contributed by atoms with Crippen molar-refractivity contribution < 1.29 is 14.3 Å². The van der Waals surface area contributed by atoms with E-state index in [1.807, 2.05) is 19.9 Å². The summed E-state index contributed by atoms with van der Waals surface area (Å²) >= 11 is 0. The molecule has 0 fully saturated rings. The number of benzene rings is 2. The van der Waals surface area contributed by atoms with Gasteiger partial charge in [0.25, 0.3) is 11.8 Å². The van der Waals surface area contributed by atoms with Crippen LogP contribution in [0.15, 0.2) is 48.5 Å². The van der Waals surface area contributed by atoms with Gasteiger partial charge in [0.2, 0.25) is 0 Å². The van der Waals surface area contributed by atoms with Gasteiger partial charge in [0.05, 0.1) is 23.4 Å². The van der Waals surface area contributed by atoms with Crippen molar-refractivity contribution in [1.29, 1.82) is 0 Å². The summed E-state index contributed by atoms with van der Waals surface area (Å²) in [4.78, 5) is 26.3. The molecule has 112 valence electrons. The van der Waals surface area contributed by atoms with E-state index in [4.69, 9.17) is 4.74 Å². The van der Waals surface area contributed by atoms with Gasteiger partial charge in [-0.1, -0.05) is 38.1 Å². The second-order valence-electron chi connectivity index (χ2n) is 5.66. The molecular formula is C18H17NO3. The largest absolute Gasteiger partial charge is 0.491 e. The van der Waals surface area contributed by atoms with Crippen molar-refractivity contribution in [1.82, 2.24) is 0 Å². The molecule has 0 spiro atoms. The van der Waals surface area contributed by atoms with E-state index in [0.717, 1.165) is 0 Å². The molecule has 0 aromatic heterocycles. The third-order valence-electron chi connectivity index (χ3n) is 3.47. The fraction of sp³-hybridized carbons (Fsp3) is 0.222. The van der Waals surface area contributed by atoms with E-state index in [9.17, 15) is 9.59 Å². The molecule has 2 amide bonds. The summed E-state index contributed by atoms with van der Waals surface area (Å²) in [5, 5.41) is 0. The van der Waals surface area contributed by atoms with Crippen molar-refractivity contribution in [2.24, 2.45) is 5.92 Å². The minimum Gasteiger partial charge on any atom is -0.491 e. The molecule has 3 rings (SSSR count). The van der Waals surface area contributed by atoms with Crippen molar-refractivity contribution in [3.8, 4) is 5.75 Å². The molecule has 1 aliphatic rings. The molecule has 0 N–H and O–H groups in total. The van der Waals surface area contributed by atoms with Crippen LogP contribution in [0.3, 0.4) is 0 Å². The molecule has 1 aliphatic heterocycles. The van der Waals surface area contributed by atoms with E-state index in [-0.39, 0.29) is 11.8 Å². The maximum atomic E-state index is 12.5. The highest BCUT2D eigenvalue weighted by Gasteiger charge is 2.37. The SMILES string of the molecule is CC(C)COc1ccccc1N1C(=O)c2ccccc2C1=O. The van der Waals surface area contributed by atoms with Crippen LogP contribution in [-0.2, 0) is 0 Å². The quantitative estimate of drug-likeness (QED) is 0.811. The number of hydrogen-bond donors (Lipinski definition) is 0. The Bertz CT molecular complexity index is 702. The van der Waals surface area contributed by atoms with E-state index >= 15 is 0 Å². The van der Waals surface area contributed by atoms with Crippen LogP contribution in [0.25, 0.3) is 0 Å². The molecular weight excluding hydrogens is 278 g/mol. The van der Waals surface area contributed by atoms with Gasteiger partial charge in [-0.05, 0) is 30.2 Å². The van der Waals surface area contributed by atoms with Crippen molar-refractivity contribution in [3.05, 3.63) is 59.7 Å².